The van der Waals surface area contributed by atoms with Crippen molar-refractivity contribution < 1.29 is 9.59 Å². The normalized spacial score (nSPS) is 15.4. The summed E-state index contributed by atoms with van der Waals surface area (Å²) in [4.78, 5) is 24.0. The van der Waals surface area contributed by atoms with Crippen LogP contribution in [0.5, 0.6) is 0 Å². The fraction of sp³-hybridized carbons (Fsp3) is 0.667. The molecule has 0 saturated heterocycles. The second-order valence-corrected chi connectivity index (χ2v) is 3.91. The van der Waals surface area contributed by atoms with Crippen molar-refractivity contribution in [2.24, 2.45) is 0 Å². The fourth-order valence-corrected chi connectivity index (χ4v) is 1.72. The Morgan fingerprint density at radius 2 is 1.53 bits per heavy atom. The van der Waals surface area contributed by atoms with E-state index in [0.717, 1.165) is 12.8 Å². The van der Waals surface area contributed by atoms with E-state index in [0.29, 0.717) is 0 Å². The van der Waals surface area contributed by atoms with Gasteiger partial charge in [0.25, 0.3) is 11.8 Å². The third-order valence-electron chi connectivity index (χ3n) is 2.28. The zero-order valence-corrected chi connectivity index (χ0v) is 10.3. The lowest BCUT2D eigenvalue weighted by Crippen LogP contribution is -2.47. The van der Waals surface area contributed by atoms with Crippen LogP contribution >= 0.6 is 0 Å². The quantitative estimate of drug-likeness (QED) is 0.673. The second-order valence-electron chi connectivity index (χ2n) is 3.91. The van der Waals surface area contributed by atoms with Crippen molar-refractivity contribution in [3.05, 3.63) is 12.2 Å². The van der Waals surface area contributed by atoms with Gasteiger partial charge in [0.15, 0.2) is 0 Å². The highest BCUT2D eigenvalue weighted by molar-refractivity contribution is 6.13. The number of hydrogen-bond acceptors (Lipinski definition) is 2. The number of carbonyl (C=O) groups is 2. The SMILES string of the molecule is CC.CCCC(C)(C)N1C(=O)C=CC1=O. The molecule has 0 N–H and O–H groups in total. The lowest BCUT2D eigenvalue weighted by atomic mass is 9.97. The molecule has 0 aliphatic carbocycles. The molecular weight excluding hydrogens is 190 g/mol. The van der Waals surface area contributed by atoms with Gasteiger partial charge in [-0.25, -0.2) is 0 Å². The first-order valence-electron chi connectivity index (χ1n) is 5.55. The molecule has 3 heteroatoms. The van der Waals surface area contributed by atoms with Gasteiger partial charge in [0, 0.05) is 17.7 Å². The molecule has 86 valence electrons. The van der Waals surface area contributed by atoms with Crippen molar-refractivity contribution in [2.45, 2.75) is 53.0 Å². The van der Waals surface area contributed by atoms with E-state index in [1.165, 1.54) is 17.1 Å². The zero-order valence-electron chi connectivity index (χ0n) is 10.3. The molecule has 0 spiro atoms. The molecule has 15 heavy (non-hydrogen) atoms. The van der Waals surface area contributed by atoms with Crippen LogP contribution in [-0.4, -0.2) is 22.3 Å². The van der Waals surface area contributed by atoms with E-state index in [1.807, 2.05) is 34.6 Å². The third-order valence-corrected chi connectivity index (χ3v) is 2.28. The molecule has 0 radical (unpaired) electrons. The van der Waals surface area contributed by atoms with Gasteiger partial charge >= 0.3 is 0 Å². The average molecular weight is 211 g/mol. The maximum atomic E-state index is 11.3. The molecule has 0 aromatic carbocycles. The number of amides is 2. The van der Waals surface area contributed by atoms with Crippen molar-refractivity contribution >= 4 is 11.8 Å². The predicted molar refractivity (Wildman–Crippen MR) is 61.3 cm³/mol. The minimum atomic E-state index is -0.355. The highest BCUT2D eigenvalue weighted by Gasteiger charge is 2.36. The summed E-state index contributed by atoms with van der Waals surface area (Å²) in [6.45, 7) is 9.87. The van der Waals surface area contributed by atoms with Crippen molar-refractivity contribution in [1.82, 2.24) is 4.90 Å². The Bertz CT molecular complexity index is 249. The Labute approximate surface area is 92.1 Å². The molecule has 0 saturated carbocycles. The molecule has 1 aliphatic rings. The van der Waals surface area contributed by atoms with Gasteiger partial charge in [-0.3, -0.25) is 14.5 Å². The molecule has 0 bridgehead atoms. The zero-order chi connectivity index (χ0) is 12.1. The van der Waals surface area contributed by atoms with Crippen molar-refractivity contribution in [2.75, 3.05) is 0 Å². The number of nitrogens with zero attached hydrogens (tertiary/aromatic N) is 1. The molecule has 1 heterocycles. The maximum absolute atomic E-state index is 11.3. The van der Waals surface area contributed by atoms with E-state index >= 15 is 0 Å². The Kier molecular flexibility index (Phi) is 5.26. The highest BCUT2D eigenvalue weighted by Crippen LogP contribution is 2.24. The van der Waals surface area contributed by atoms with Gasteiger partial charge in [-0.05, 0) is 20.3 Å². The number of carbonyl (C=O) groups excluding carboxylic acids is 2. The number of imide groups is 1. The largest absolute Gasteiger partial charge is 0.270 e. The lowest BCUT2D eigenvalue weighted by Gasteiger charge is -2.33. The predicted octanol–water partition coefficient (Wildman–Crippen LogP) is 2.52. The Hall–Kier alpha value is -1.12. The molecule has 0 atom stereocenters. The van der Waals surface area contributed by atoms with Crippen molar-refractivity contribution in [3.8, 4) is 0 Å². The van der Waals surface area contributed by atoms with Gasteiger partial charge in [-0.1, -0.05) is 27.2 Å². The third kappa shape index (κ3) is 3.18. The van der Waals surface area contributed by atoms with Gasteiger partial charge in [-0.2, -0.15) is 0 Å². The Balaban J connectivity index is 0.000000921. The second kappa shape index (κ2) is 5.69. The Morgan fingerprint density at radius 3 is 1.87 bits per heavy atom. The Morgan fingerprint density at radius 1 is 1.13 bits per heavy atom. The first kappa shape index (κ1) is 13.9. The highest BCUT2D eigenvalue weighted by atomic mass is 16.2. The minimum Gasteiger partial charge on any atom is -0.270 e. The van der Waals surface area contributed by atoms with Gasteiger partial charge in [0.05, 0.1) is 0 Å². The van der Waals surface area contributed by atoms with Crippen LogP contribution < -0.4 is 0 Å². The van der Waals surface area contributed by atoms with Crippen LogP contribution in [0.1, 0.15) is 47.5 Å². The minimum absolute atomic E-state index is 0.191. The van der Waals surface area contributed by atoms with Crippen LogP contribution in [-0.2, 0) is 9.59 Å². The van der Waals surface area contributed by atoms with E-state index in [1.54, 1.807) is 0 Å². The smallest absolute Gasteiger partial charge is 0.254 e. The van der Waals surface area contributed by atoms with E-state index in [-0.39, 0.29) is 17.4 Å². The molecule has 2 amide bonds. The maximum Gasteiger partial charge on any atom is 0.254 e. The molecular formula is C12H21NO2. The molecule has 0 aromatic rings. The van der Waals surface area contributed by atoms with E-state index < -0.39 is 0 Å². The first-order chi connectivity index (χ1) is 6.99. The summed E-state index contributed by atoms with van der Waals surface area (Å²) in [5.74, 6) is -0.382. The van der Waals surface area contributed by atoms with Crippen LogP contribution in [0.25, 0.3) is 0 Å². The van der Waals surface area contributed by atoms with Gasteiger partial charge in [-0.15, -0.1) is 0 Å². The summed E-state index contributed by atoms with van der Waals surface area (Å²) in [7, 11) is 0. The number of rotatable bonds is 3. The van der Waals surface area contributed by atoms with Crippen molar-refractivity contribution in [1.29, 1.82) is 0 Å². The first-order valence-corrected chi connectivity index (χ1v) is 5.55. The fourth-order valence-electron chi connectivity index (χ4n) is 1.72. The molecule has 0 aromatic heterocycles. The number of hydrogen-bond donors (Lipinski definition) is 0. The lowest BCUT2D eigenvalue weighted by molar-refractivity contribution is -0.143. The summed E-state index contributed by atoms with van der Waals surface area (Å²) in [6, 6.07) is 0. The van der Waals surface area contributed by atoms with Gasteiger partial charge in [0.1, 0.15) is 0 Å². The molecule has 1 rings (SSSR count). The van der Waals surface area contributed by atoms with E-state index in [4.69, 9.17) is 0 Å². The van der Waals surface area contributed by atoms with Crippen LogP contribution in [0.2, 0.25) is 0 Å². The van der Waals surface area contributed by atoms with Gasteiger partial charge < -0.3 is 0 Å². The standard InChI is InChI=1S/C10H15NO2.C2H6/c1-4-7-10(2,3)11-8(12)5-6-9(11)13;1-2/h5-6H,4,7H2,1-3H3;1-2H3. The van der Waals surface area contributed by atoms with Crippen LogP contribution in [0.15, 0.2) is 12.2 Å². The topological polar surface area (TPSA) is 37.4 Å². The summed E-state index contributed by atoms with van der Waals surface area (Å²) in [6.07, 6.45) is 4.47. The van der Waals surface area contributed by atoms with Crippen LogP contribution in [0.3, 0.4) is 0 Å². The molecule has 1 aliphatic heterocycles. The average Bonchev–Trinajstić information content (AvgIpc) is 2.50. The van der Waals surface area contributed by atoms with Gasteiger partial charge in [0.2, 0.25) is 0 Å². The molecule has 0 fully saturated rings. The molecule has 3 nitrogen and oxygen atoms in total. The van der Waals surface area contributed by atoms with Crippen LogP contribution in [0.4, 0.5) is 0 Å². The molecule has 0 unspecified atom stereocenters. The van der Waals surface area contributed by atoms with E-state index in [2.05, 4.69) is 0 Å². The summed E-state index contributed by atoms with van der Waals surface area (Å²) < 4.78 is 0. The van der Waals surface area contributed by atoms with Crippen LogP contribution in [0, 0.1) is 0 Å². The summed E-state index contributed by atoms with van der Waals surface area (Å²) in [5.41, 5.74) is -0.355. The van der Waals surface area contributed by atoms with E-state index in [9.17, 15) is 9.59 Å². The summed E-state index contributed by atoms with van der Waals surface area (Å²) >= 11 is 0. The summed E-state index contributed by atoms with van der Waals surface area (Å²) in [5, 5.41) is 0. The van der Waals surface area contributed by atoms with Crippen molar-refractivity contribution in [3.63, 3.8) is 0 Å². The monoisotopic (exact) mass is 211 g/mol.